The number of hydrogen-bond donors (Lipinski definition) is 2. The molecule has 0 aromatic heterocycles. The van der Waals surface area contributed by atoms with Crippen molar-refractivity contribution in [3.05, 3.63) is 35.1 Å². The molecular weight excluding hydrogens is 251 g/mol. The quantitative estimate of drug-likeness (QED) is 0.766. The first-order valence-corrected chi connectivity index (χ1v) is 6.45. The van der Waals surface area contributed by atoms with Crippen molar-refractivity contribution in [3.63, 3.8) is 0 Å². The summed E-state index contributed by atoms with van der Waals surface area (Å²) in [6.45, 7) is 1.15. The number of nitrogens with two attached hydrogens (primary N) is 1. The second-order valence-corrected chi connectivity index (χ2v) is 5.04. The summed E-state index contributed by atoms with van der Waals surface area (Å²) in [5, 5.41) is 9.03. The van der Waals surface area contributed by atoms with E-state index in [2.05, 4.69) is 4.90 Å². The summed E-state index contributed by atoms with van der Waals surface area (Å²) in [5.74, 6) is -0.251. The van der Waals surface area contributed by atoms with Crippen molar-refractivity contribution in [2.24, 2.45) is 5.73 Å². The van der Waals surface area contributed by atoms with Gasteiger partial charge in [-0.25, -0.2) is 4.39 Å². The second kappa shape index (κ2) is 5.73. The monoisotopic (exact) mass is 268 g/mol. The molecule has 0 amide bonds. The van der Waals surface area contributed by atoms with E-state index in [1.807, 2.05) is 0 Å². The van der Waals surface area contributed by atoms with Gasteiger partial charge in [-0.2, -0.15) is 0 Å². The molecule has 3 nitrogen and oxygen atoms in total. The van der Waals surface area contributed by atoms with Gasteiger partial charge in [0.15, 0.2) is 0 Å². The predicted octanol–water partition coefficient (Wildman–Crippen LogP) is 1.42. The van der Waals surface area contributed by atoms with E-state index >= 15 is 0 Å². The van der Waals surface area contributed by atoms with Gasteiger partial charge in [-0.1, -0.05) is 12.2 Å². The van der Waals surface area contributed by atoms with Crippen LogP contribution in [0, 0.1) is 5.82 Å². The molecule has 1 aliphatic carbocycles. The summed E-state index contributed by atoms with van der Waals surface area (Å²) >= 11 is 4.90. The third-order valence-electron chi connectivity index (χ3n) is 3.15. The Morgan fingerprint density at radius 2 is 2.22 bits per heavy atom. The summed E-state index contributed by atoms with van der Waals surface area (Å²) in [5.41, 5.74) is 6.82. The number of benzene rings is 1. The minimum Gasteiger partial charge on any atom is -0.395 e. The highest BCUT2D eigenvalue weighted by Crippen LogP contribution is 2.28. The topological polar surface area (TPSA) is 49.5 Å². The lowest BCUT2D eigenvalue weighted by molar-refractivity contribution is 0.182. The van der Waals surface area contributed by atoms with Crippen LogP contribution in [-0.2, 0) is 6.54 Å². The van der Waals surface area contributed by atoms with E-state index in [0.29, 0.717) is 30.3 Å². The van der Waals surface area contributed by atoms with Gasteiger partial charge in [0.25, 0.3) is 0 Å². The Morgan fingerprint density at radius 1 is 1.50 bits per heavy atom. The van der Waals surface area contributed by atoms with E-state index in [1.54, 1.807) is 12.1 Å². The van der Waals surface area contributed by atoms with Gasteiger partial charge in [-0.15, -0.1) is 0 Å². The standard InChI is InChI=1S/C13H17FN2OS/c14-12-4-1-9(13(15)18)7-10(12)8-16(5-6-17)11-2-3-11/h1,4,7,11,17H,2-3,5-6,8H2,(H2,15,18). The Kier molecular flexibility index (Phi) is 4.27. The van der Waals surface area contributed by atoms with Crippen molar-refractivity contribution in [1.29, 1.82) is 0 Å². The Labute approximate surface area is 111 Å². The lowest BCUT2D eigenvalue weighted by atomic mass is 10.1. The molecule has 0 radical (unpaired) electrons. The zero-order valence-corrected chi connectivity index (χ0v) is 10.9. The Hall–Kier alpha value is -1.04. The Bertz CT molecular complexity index is 449. The van der Waals surface area contributed by atoms with E-state index in [-0.39, 0.29) is 17.4 Å². The van der Waals surface area contributed by atoms with E-state index < -0.39 is 0 Å². The summed E-state index contributed by atoms with van der Waals surface area (Å²) in [7, 11) is 0. The average molecular weight is 268 g/mol. The molecule has 0 heterocycles. The molecular formula is C13H17FN2OS. The third kappa shape index (κ3) is 3.25. The summed E-state index contributed by atoms with van der Waals surface area (Å²) in [6, 6.07) is 5.16. The molecule has 5 heteroatoms. The summed E-state index contributed by atoms with van der Waals surface area (Å²) in [6.07, 6.45) is 2.24. The van der Waals surface area contributed by atoms with Gasteiger partial charge in [0.2, 0.25) is 0 Å². The molecule has 3 N–H and O–H groups in total. The van der Waals surface area contributed by atoms with Crippen LogP contribution in [0.25, 0.3) is 0 Å². The van der Waals surface area contributed by atoms with Crippen molar-refractivity contribution in [3.8, 4) is 0 Å². The fourth-order valence-electron chi connectivity index (χ4n) is 2.03. The normalized spacial score (nSPS) is 15.1. The van der Waals surface area contributed by atoms with E-state index in [9.17, 15) is 4.39 Å². The molecule has 0 saturated heterocycles. The maximum absolute atomic E-state index is 13.7. The van der Waals surface area contributed by atoms with Crippen LogP contribution in [0.1, 0.15) is 24.0 Å². The van der Waals surface area contributed by atoms with Crippen LogP contribution in [0.4, 0.5) is 4.39 Å². The van der Waals surface area contributed by atoms with Crippen LogP contribution in [-0.4, -0.2) is 34.2 Å². The van der Waals surface area contributed by atoms with E-state index in [0.717, 1.165) is 12.8 Å². The van der Waals surface area contributed by atoms with Gasteiger partial charge < -0.3 is 10.8 Å². The molecule has 2 rings (SSSR count). The number of hydrogen-bond acceptors (Lipinski definition) is 3. The number of thiocarbonyl (C=S) groups is 1. The number of aliphatic hydroxyl groups is 1. The van der Waals surface area contributed by atoms with Crippen LogP contribution in [0.2, 0.25) is 0 Å². The molecule has 0 aliphatic heterocycles. The Balaban J connectivity index is 2.15. The minimum absolute atomic E-state index is 0.0904. The summed E-state index contributed by atoms with van der Waals surface area (Å²) in [4.78, 5) is 2.37. The third-order valence-corrected chi connectivity index (χ3v) is 3.39. The molecule has 1 aromatic rings. The van der Waals surface area contributed by atoms with Crippen molar-refractivity contribution >= 4 is 17.2 Å². The SMILES string of the molecule is NC(=S)c1ccc(F)c(CN(CCO)C2CC2)c1. The molecule has 0 spiro atoms. The molecule has 0 unspecified atom stereocenters. The first-order chi connectivity index (χ1) is 8.61. The zero-order chi connectivity index (χ0) is 13.1. The van der Waals surface area contributed by atoms with Crippen LogP contribution in [0.15, 0.2) is 18.2 Å². The number of rotatable bonds is 6. The van der Waals surface area contributed by atoms with Gasteiger partial charge in [0, 0.05) is 30.3 Å². The fourth-order valence-corrected chi connectivity index (χ4v) is 2.15. The molecule has 18 heavy (non-hydrogen) atoms. The largest absolute Gasteiger partial charge is 0.395 e. The van der Waals surface area contributed by atoms with Crippen LogP contribution in [0.5, 0.6) is 0 Å². The van der Waals surface area contributed by atoms with Gasteiger partial charge in [0.05, 0.1) is 6.61 Å². The van der Waals surface area contributed by atoms with E-state index in [4.69, 9.17) is 23.1 Å². The van der Waals surface area contributed by atoms with Crippen molar-refractivity contribution in [2.75, 3.05) is 13.2 Å². The minimum atomic E-state index is -0.251. The van der Waals surface area contributed by atoms with Crippen LogP contribution >= 0.6 is 12.2 Å². The maximum Gasteiger partial charge on any atom is 0.127 e. The van der Waals surface area contributed by atoms with Gasteiger partial charge in [-0.05, 0) is 31.0 Å². The molecule has 0 bridgehead atoms. The zero-order valence-electron chi connectivity index (χ0n) is 10.1. The van der Waals surface area contributed by atoms with Crippen molar-refractivity contribution < 1.29 is 9.50 Å². The van der Waals surface area contributed by atoms with Gasteiger partial charge in [0.1, 0.15) is 10.8 Å². The smallest absolute Gasteiger partial charge is 0.127 e. The molecule has 98 valence electrons. The average Bonchev–Trinajstić information content (AvgIpc) is 3.14. The van der Waals surface area contributed by atoms with Gasteiger partial charge >= 0.3 is 0 Å². The highest BCUT2D eigenvalue weighted by atomic mass is 32.1. The maximum atomic E-state index is 13.7. The second-order valence-electron chi connectivity index (χ2n) is 4.60. The summed E-state index contributed by atoms with van der Waals surface area (Å²) < 4.78 is 13.7. The highest BCUT2D eigenvalue weighted by Gasteiger charge is 2.29. The molecule has 1 fully saturated rings. The van der Waals surface area contributed by atoms with Crippen molar-refractivity contribution in [1.82, 2.24) is 4.90 Å². The molecule has 1 aliphatic rings. The molecule has 1 aromatic carbocycles. The fraction of sp³-hybridized carbons (Fsp3) is 0.462. The predicted molar refractivity (Wildman–Crippen MR) is 72.8 cm³/mol. The molecule has 1 saturated carbocycles. The van der Waals surface area contributed by atoms with E-state index in [1.165, 1.54) is 6.07 Å². The lowest BCUT2D eigenvalue weighted by Crippen LogP contribution is -2.29. The lowest BCUT2D eigenvalue weighted by Gasteiger charge is -2.21. The first-order valence-electron chi connectivity index (χ1n) is 6.05. The Morgan fingerprint density at radius 3 is 2.78 bits per heavy atom. The van der Waals surface area contributed by atoms with Gasteiger partial charge in [-0.3, -0.25) is 4.90 Å². The number of halogens is 1. The highest BCUT2D eigenvalue weighted by molar-refractivity contribution is 7.80. The number of nitrogens with zero attached hydrogens (tertiary/aromatic N) is 1. The number of aliphatic hydroxyl groups excluding tert-OH is 1. The van der Waals surface area contributed by atoms with Crippen LogP contribution < -0.4 is 5.73 Å². The van der Waals surface area contributed by atoms with Crippen molar-refractivity contribution in [2.45, 2.75) is 25.4 Å². The molecule has 0 atom stereocenters. The first kappa shape index (κ1) is 13.4. The van der Waals surface area contributed by atoms with Crippen LogP contribution in [0.3, 0.4) is 0 Å².